The van der Waals surface area contributed by atoms with Crippen molar-refractivity contribution in [3.63, 3.8) is 0 Å². The van der Waals surface area contributed by atoms with E-state index in [4.69, 9.17) is 15.9 Å². The van der Waals surface area contributed by atoms with Crippen LogP contribution in [-0.4, -0.2) is 54.0 Å². The number of nitrogens with zero attached hydrogens (tertiary/aromatic N) is 2. The number of aryl methyl sites for hydroxylation is 1. The summed E-state index contributed by atoms with van der Waals surface area (Å²) in [6, 6.07) is 6.39. The maximum absolute atomic E-state index is 11.3. The first kappa shape index (κ1) is 25.8. The first-order chi connectivity index (χ1) is 15.1. The van der Waals surface area contributed by atoms with Gasteiger partial charge in [0.2, 0.25) is 11.9 Å². The zero-order chi connectivity index (χ0) is 24.1. The van der Waals surface area contributed by atoms with E-state index in [9.17, 15) is 19.2 Å². The number of amides is 1. The van der Waals surface area contributed by atoms with Gasteiger partial charge in [-0.3, -0.25) is 24.4 Å². The molecule has 0 unspecified atom stereocenters. The number of nitrogen functional groups attached to an aromatic ring is 1. The predicted octanol–water partition coefficient (Wildman–Crippen LogP) is 0.918. The Morgan fingerprint density at radius 1 is 1.16 bits per heavy atom. The average molecular weight is 446 g/mol. The Labute approximate surface area is 182 Å². The van der Waals surface area contributed by atoms with E-state index in [1.54, 1.807) is 18.5 Å². The van der Waals surface area contributed by atoms with Crippen molar-refractivity contribution in [2.45, 2.75) is 39.2 Å². The van der Waals surface area contributed by atoms with E-state index >= 15 is 0 Å². The first-order valence-electron chi connectivity index (χ1n) is 9.58. The van der Waals surface area contributed by atoms with Crippen molar-refractivity contribution >= 4 is 34.8 Å². The van der Waals surface area contributed by atoms with Crippen LogP contribution in [0.25, 0.3) is 11.0 Å². The molecule has 3 aromatic heterocycles. The number of aromatic amines is 2. The van der Waals surface area contributed by atoms with Crippen LogP contribution in [0.15, 0.2) is 41.5 Å². The summed E-state index contributed by atoms with van der Waals surface area (Å²) in [5.41, 5.74) is 6.73. The van der Waals surface area contributed by atoms with Crippen LogP contribution >= 0.6 is 0 Å². The number of H-pyrrole nitrogens is 2. The summed E-state index contributed by atoms with van der Waals surface area (Å²) in [5, 5.41) is 19.5. The fourth-order valence-electron chi connectivity index (χ4n) is 2.37. The van der Waals surface area contributed by atoms with E-state index in [-0.39, 0.29) is 24.3 Å². The van der Waals surface area contributed by atoms with Crippen molar-refractivity contribution in [1.82, 2.24) is 25.3 Å². The Bertz CT molecular complexity index is 1050. The number of aliphatic carboxylic acids is 2. The first-order valence-corrected chi connectivity index (χ1v) is 9.58. The Kier molecular flexibility index (Phi) is 10.6. The number of hydrogen-bond donors (Lipinski definition) is 6. The van der Waals surface area contributed by atoms with Gasteiger partial charge in [-0.15, -0.1) is 0 Å². The van der Waals surface area contributed by atoms with Crippen molar-refractivity contribution in [2.24, 2.45) is 0 Å². The van der Waals surface area contributed by atoms with Gasteiger partial charge in [0.1, 0.15) is 11.7 Å². The van der Waals surface area contributed by atoms with E-state index in [0.29, 0.717) is 11.0 Å². The molecular weight excluding hydrogens is 420 g/mol. The zero-order valence-corrected chi connectivity index (χ0v) is 17.7. The number of anilines is 1. The fourth-order valence-corrected chi connectivity index (χ4v) is 2.37. The van der Waals surface area contributed by atoms with Crippen LogP contribution in [-0.2, 0) is 20.8 Å². The highest BCUT2D eigenvalue weighted by Gasteiger charge is 2.18. The van der Waals surface area contributed by atoms with Gasteiger partial charge in [0.15, 0.2) is 0 Å². The average Bonchev–Trinajstić information content (AvgIpc) is 3.16. The van der Waals surface area contributed by atoms with Crippen molar-refractivity contribution in [2.75, 3.05) is 5.73 Å². The van der Waals surface area contributed by atoms with E-state index in [0.717, 1.165) is 12.1 Å². The number of carbonyl (C=O) groups excluding carboxylic acids is 1. The third-order valence-electron chi connectivity index (χ3n) is 3.84. The Morgan fingerprint density at radius 2 is 1.81 bits per heavy atom. The van der Waals surface area contributed by atoms with E-state index in [1.807, 2.05) is 25.1 Å². The molecule has 0 spiro atoms. The lowest BCUT2D eigenvalue weighted by molar-refractivity contribution is -0.142. The number of aromatic nitrogens is 4. The highest BCUT2D eigenvalue weighted by atomic mass is 16.4. The highest BCUT2D eigenvalue weighted by Crippen LogP contribution is 2.09. The number of pyridine rings is 1. The summed E-state index contributed by atoms with van der Waals surface area (Å²) in [6.07, 6.45) is 3.96. The van der Waals surface area contributed by atoms with Crippen LogP contribution in [0.1, 0.15) is 32.4 Å². The third kappa shape index (κ3) is 9.52. The molecule has 3 rings (SSSR count). The molecule has 0 fully saturated rings. The van der Waals surface area contributed by atoms with Gasteiger partial charge in [-0.2, -0.15) is 4.98 Å². The lowest BCUT2D eigenvalue weighted by Gasteiger charge is -2.10. The number of rotatable bonds is 6. The zero-order valence-electron chi connectivity index (χ0n) is 17.7. The third-order valence-corrected chi connectivity index (χ3v) is 3.84. The quantitative estimate of drug-likeness (QED) is 0.318. The molecule has 0 aliphatic heterocycles. The molecule has 3 aromatic rings. The van der Waals surface area contributed by atoms with E-state index in [1.165, 1.54) is 6.92 Å². The maximum atomic E-state index is 11.3. The minimum Gasteiger partial charge on any atom is -0.481 e. The van der Waals surface area contributed by atoms with Crippen molar-refractivity contribution < 1.29 is 24.6 Å². The number of carboxylic acids is 2. The molecule has 0 saturated carbocycles. The van der Waals surface area contributed by atoms with Crippen LogP contribution in [0.2, 0.25) is 0 Å². The van der Waals surface area contributed by atoms with Crippen LogP contribution in [0.4, 0.5) is 5.95 Å². The largest absolute Gasteiger partial charge is 0.481 e. The Hall–Kier alpha value is -4.22. The second kappa shape index (κ2) is 13.2. The normalized spacial score (nSPS) is 10.7. The molecule has 7 N–H and O–H groups in total. The van der Waals surface area contributed by atoms with Crippen molar-refractivity contribution in [1.29, 1.82) is 0 Å². The molecule has 3 heterocycles. The molecule has 12 nitrogen and oxygen atoms in total. The molecule has 0 aliphatic rings. The topological polar surface area (TPSA) is 204 Å². The molecular formula is C20H26N6O6. The van der Waals surface area contributed by atoms with E-state index in [2.05, 4.69) is 25.3 Å². The van der Waals surface area contributed by atoms with Gasteiger partial charge in [0.05, 0.1) is 5.39 Å². The van der Waals surface area contributed by atoms with Crippen LogP contribution in [0.3, 0.4) is 0 Å². The van der Waals surface area contributed by atoms with Gasteiger partial charge in [-0.25, -0.2) is 4.79 Å². The Balaban J connectivity index is 0.000000256. The van der Waals surface area contributed by atoms with Gasteiger partial charge in [-0.05, 0) is 31.0 Å². The molecule has 0 radical (unpaired) electrons. The second-order valence-corrected chi connectivity index (χ2v) is 6.41. The summed E-state index contributed by atoms with van der Waals surface area (Å²) in [5.74, 6) is -2.66. The molecule has 1 amide bonds. The fraction of sp³-hybridized carbons (Fsp3) is 0.300. The van der Waals surface area contributed by atoms with E-state index < -0.39 is 23.9 Å². The summed E-state index contributed by atoms with van der Waals surface area (Å²) in [6.45, 7) is 3.18. The monoisotopic (exact) mass is 446 g/mol. The standard InChI is InChI=1S/C8H10N4O.C7H11NO5.C5H5N/c1-2-4-3-5-6(10-4)11-8(9)12-7(5)13;1-4(9)8-5(7(12)13)2-3-6(10)11;1-2-4-6-5-3-1/h3H,2H2,1H3,(H4,9,10,11,12,13);5H,2-3H2,1H3,(H,8,9)(H,10,11)(H,12,13);1-5H/t;5-;/m.0./s1. The lowest BCUT2D eigenvalue weighted by Crippen LogP contribution is -2.39. The minimum atomic E-state index is -1.23. The summed E-state index contributed by atoms with van der Waals surface area (Å²) < 4.78 is 0. The van der Waals surface area contributed by atoms with Crippen LogP contribution in [0.5, 0.6) is 0 Å². The van der Waals surface area contributed by atoms with Crippen LogP contribution in [0, 0.1) is 0 Å². The van der Waals surface area contributed by atoms with Gasteiger partial charge in [-0.1, -0.05) is 13.0 Å². The predicted molar refractivity (Wildman–Crippen MR) is 117 cm³/mol. The SMILES string of the molecule is CC(=O)N[C@@H](CCC(=O)O)C(=O)O.CCc1cc2c(=O)[nH]c(N)nc2[nH]1.c1ccncc1. The minimum absolute atomic E-state index is 0.107. The van der Waals surface area contributed by atoms with Gasteiger partial charge >= 0.3 is 11.9 Å². The summed E-state index contributed by atoms with van der Waals surface area (Å²) in [4.78, 5) is 55.6. The molecule has 0 bridgehead atoms. The number of nitrogens with one attached hydrogen (secondary N) is 3. The Morgan fingerprint density at radius 3 is 2.25 bits per heavy atom. The second-order valence-electron chi connectivity index (χ2n) is 6.41. The number of nitrogens with two attached hydrogens (primary N) is 1. The molecule has 1 atom stereocenters. The van der Waals surface area contributed by atoms with Gasteiger partial charge < -0.3 is 26.2 Å². The van der Waals surface area contributed by atoms with Crippen molar-refractivity contribution in [3.05, 3.63) is 52.7 Å². The maximum Gasteiger partial charge on any atom is 0.326 e. The number of carboxylic acid groups (broad SMARTS) is 2. The van der Waals surface area contributed by atoms with Gasteiger partial charge in [0, 0.05) is 31.4 Å². The molecule has 0 saturated heterocycles. The van der Waals surface area contributed by atoms with Crippen molar-refractivity contribution in [3.8, 4) is 0 Å². The smallest absolute Gasteiger partial charge is 0.326 e. The number of carbonyl (C=O) groups is 3. The summed E-state index contributed by atoms with van der Waals surface area (Å²) in [7, 11) is 0. The lowest BCUT2D eigenvalue weighted by atomic mass is 10.1. The molecule has 32 heavy (non-hydrogen) atoms. The highest BCUT2D eigenvalue weighted by molar-refractivity contribution is 5.82. The molecule has 0 aromatic carbocycles. The summed E-state index contributed by atoms with van der Waals surface area (Å²) >= 11 is 0. The number of hydrogen-bond acceptors (Lipinski definition) is 7. The van der Waals surface area contributed by atoms with Crippen LogP contribution < -0.4 is 16.6 Å². The van der Waals surface area contributed by atoms with Gasteiger partial charge in [0.25, 0.3) is 5.56 Å². The number of fused-ring (bicyclic) bond motifs is 1. The molecule has 172 valence electrons. The molecule has 12 heteroatoms. The molecule has 0 aliphatic carbocycles.